The Morgan fingerprint density at radius 3 is 3.03 bits per heavy atom. The number of anilines is 1. The van der Waals surface area contributed by atoms with Crippen LogP contribution in [0.1, 0.15) is 13.8 Å². The molecule has 1 aliphatic heterocycles. The van der Waals surface area contributed by atoms with Gasteiger partial charge in [-0.1, -0.05) is 11.6 Å². The van der Waals surface area contributed by atoms with Crippen molar-refractivity contribution in [1.29, 1.82) is 0 Å². The number of halogens is 2. The standard InChI is InChI=1S/C19H22ClFN6O3S/c1-19(2,31(28)29)27-3-4-30-12(10-27)7-23-18-15(21)9-25-17(26-18)14-8-24-16-13(14)5-11(20)6-22-16/h5-6,8-9,12H,3-4,7,10H2,1-2H3,(H,22,24)(H,28,29)(H,23,25,26)/p-1. The lowest BCUT2D eigenvalue weighted by atomic mass is 10.2. The van der Waals surface area contributed by atoms with Crippen molar-refractivity contribution in [3.05, 3.63) is 35.5 Å². The van der Waals surface area contributed by atoms with Crippen LogP contribution < -0.4 is 5.32 Å². The second-order valence-electron chi connectivity index (χ2n) is 7.64. The summed E-state index contributed by atoms with van der Waals surface area (Å²) in [6, 6.07) is 1.74. The second kappa shape index (κ2) is 8.75. The highest BCUT2D eigenvalue weighted by atomic mass is 35.5. The maximum absolute atomic E-state index is 14.4. The number of fused-ring (bicyclic) bond motifs is 1. The van der Waals surface area contributed by atoms with Gasteiger partial charge in [0.25, 0.3) is 0 Å². The van der Waals surface area contributed by atoms with E-state index in [1.54, 1.807) is 26.1 Å². The number of rotatable bonds is 6. The minimum Gasteiger partial charge on any atom is -0.771 e. The molecule has 4 rings (SSSR count). The van der Waals surface area contributed by atoms with Crippen LogP contribution in [0.2, 0.25) is 5.02 Å². The minimum atomic E-state index is -2.26. The normalized spacial score (nSPS) is 18.9. The Morgan fingerprint density at radius 2 is 2.26 bits per heavy atom. The Kier molecular flexibility index (Phi) is 6.22. The number of H-pyrrole nitrogens is 1. The molecule has 12 heteroatoms. The number of ether oxygens (including phenoxy) is 1. The van der Waals surface area contributed by atoms with E-state index in [-0.39, 0.29) is 18.5 Å². The molecule has 3 aromatic rings. The van der Waals surface area contributed by atoms with Crippen molar-refractivity contribution in [1.82, 2.24) is 24.8 Å². The van der Waals surface area contributed by atoms with Crippen LogP contribution in [-0.2, 0) is 15.8 Å². The molecule has 0 bridgehead atoms. The van der Waals surface area contributed by atoms with Gasteiger partial charge in [0.2, 0.25) is 0 Å². The molecule has 2 unspecified atom stereocenters. The molecule has 2 N–H and O–H groups in total. The fourth-order valence-electron chi connectivity index (χ4n) is 3.43. The van der Waals surface area contributed by atoms with Crippen LogP contribution in [0.15, 0.2) is 24.7 Å². The maximum Gasteiger partial charge on any atom is 0.183 e. The summed E-state index contributed by atoms with van der Waals surface area (Å²) in [4.78, 5) is 16.5. The lowest BCUT2D eigenvalue weighted by Gasteiger charge is -2.44. The van der Waals surface area contributed by atoms with Gasteiger partial charge in [0.1, 0.15) is 5.65 Å². The van der Waals surface area contributed by atoms with Crippen LogP contribution in [0, 0.1) is 5.82 Å². The van der Waals surface area contributed by atoms with Gasteiger partial charge in [-0.2, -0.15) is 0 Å². The highest BCUT2D eigenvalue weighted by Gasteiger charge is 2.33. The maximum atomic E-state index is 14.4. The highest BCUT2D eigenvalue weighted by molar-refractivity contribution is 7.80. The van der Waals surface area contributed by atoms with Gasteiger partial charge in [0.15, 0.2) is 17.5 Å². The number of pyridine rings is 1. The van der Waals surface area contributed by atoms with E-state index in [4.69, 9.17) is 16.3 Å². The van der Waals surface area contributed by atoms with Crippen LogP contribution in [0.3, 0.4) is 0 Å². The first-order valence-corrected chi connectivity index (χ1v) is 11.1. The minimum absolute atomic E-state index is 0.0294. The molecule has 4 heterocycles. The van der Waals surface area contributed by atoms with Crippen LogP contribution in [-0.4, -0.2) is 70.8 Å². The predicted octanol–water partition coefficient (Wildman–Crippen LogP) is 2.54. The summed E-state index contributed by atoms with van der Waals surface area (Å²) in [5.74, 6) is -0.261. The summed E-state index contributed by atoms with van der Waals surface area (Å²) in [6.07, 6.45) is 3.99. The first-order chi connectivity index (χ1) is 14.8. The van der Waals surface area contributed by atoms with E-state index in [0.29, 0.717) is 41.8 Å². The molecule has 166 valence electrons. The number of hydrogen-bond acceptors (Lipinski definition) is 8. The van der Waals surface area contributed by atoms with Crippen molar-refractivity contribution in [3.63, 3.8) is 0 Å². The zero-order valence-electron chi connectivity index (χ0n) is 16.9. The Hall–Kier alpha value is -2.18. The lowest BCUT2D eigenvalue weighted by molar-refractivity contribution is -0.0393. The summed E-state index contributed by atoms with van der Waals surface area (Å²) in [6.45, 7) is 4.82. The van der Waals surface area contributed by atoms with E-state index in [9.17, 15) is 13.2 Å². The Balaban J connectivity index is 1.50. The first-order valence-electron chi connectivity index (χ1n) is 9.61. The van der Waals surface area contributed by atoms with Gasteiger partial charge < -0.3 is 19.6 Å². The van der Waals surface area contributed by atoms with Crippen molar-refractivity contribution in [2.24, 2.45) is 0 Å². The van der Waals surface area contributed by atoms with Crippen molar-refractivity contribution in [2.45, 2.75) is 24.8 Å². The van der Waals surface area contributed by atoms with E-state index in [2.05, 4.69) is 25.3 Å². The average Bonchev–Trinajstić information content (AvgIpc) is 3.16. The van der Waals surface area contributed by atoms with Crippen molar-refractivity contribution in [3.8, 4) is 11.4 Å². The Labute approximate surface area is 185 Å². The lowest BCUT2D eigenvalue weighted by Crippen LogP contribution is -2.56. The fourth-order valence-corrected chi connectivity index (χ4v) is 3.97. The summed E-state index contributed by atoms with van der Waals surface area (Å²) in [5, 5.41) is 4.16. The molecule has 0 saturated carbocycles. The van der Waals surface area contributed by atoms with E-state index in [1.807, 2.05) is 4.90 Å². The summed E-state index contributed by atoms with van der Waals surface area (Å²) in [5.41, 5.74) is 1.27. The zero-order valence-corrected chi connectivity index (χ0v) is 18.5. The molecule has 1 aliphatic rings. The smallest absolute Gasteiger partial charge is 0.183 e. The third-order valence-electron chi connectivity index (χ3n) is 5.29. The van der Waals surface area contributed by atoms with Gasteiger partial charge in [-0.05, 0) is 31.0 Å². The van der Waals surface area contributed by atoms with Crippen LogP contribution in [0.4, 0.5) is 10.2 Å². The monoisotopic (exact) mass is 467 g/mol. The predicted molar refractivity (Wildman–Crippen MR) is 115 cm³/mol. The molecule has 31 heavy (non-hydrogen) atoms. The van der Waals surface area contributed by atoms with Crippen LogP contribution >= 0.6 is 11.6 Å². The zero-order chi connectivity index (χ0) is 22.2. The Morgan fingerprint density at radius 1 is 1.45 bits per heavy atom. The number of aromatic amines is 1. The molecule has 1 saturated heterocycles. The quantitative estimate of drug-likeness (QED) is 0.531. The van der Waals surface area contributed by atoms with E-state index < -0.39 is 21.8 Å². The number of hydrogen-bond donors (Lipinski definition) is 2. The van der Waals surface area contributed by atoms with Crippen LogP contribution in [0.25, 0.3) is 22.4 Å². The molecule has 3 aromatic heterocycles. The number of nitrogens with zero attached hydrogens (tertiary/aromatic N) is 4. The number of aromatic nitrogens is 4. The largest absolute Gasteiger partial charge is 0.771 e. The van der Waals surface area contributed by atoms with Crippen molar-refractivity contribution >= 4 is 39.5 Å². The molecular weight excluding hydrogens is 447 g/mol. The highest BCUT2D eigenvalue weighted by Crippen LogP contribution is 2.28. The average molecular weight is 468 g/mol. The summed E-state index contributed by atoms with van der Waals surface area (Å²) >= 11 is 3.78. The molecule has 0 amide bonds. The third kappa shape index (κ3) is 4.55. The fraction of sp³-hybridized carbons (Fsp3) is 0.421. The van der Waals surface area contributed by atoms with Crippen molar-refractivity contribution < 1.29 is 17.9 Å². The molecule has 0 radical (unpaired) electrons. The number of morpholine rings is 1. The topological polar surface area (TPSA) is 119 Å². The third-order valence-corrected chi connectivity index (χ3v) is 6.57. The second-order valence-corrected chi connectivity index (χ2v) is 9.55. The first kappa shape index (κ1) is 22.0. The van der Waals surface area contributed by atoms with Gasteiger partial charge in [-0.25, -0.2) is 19.3 Å². The van der Waals surface area contributed by atoms with Crippen molar-refractivity contribution in [2.75, 3.05) is 31.6 Å². The molecule has 9 nitrogen and oxygen atoms in total. The molecule has 0 aliphatic carbocycles. The van der Waals surface area contributed by atoms with E-state index in [0.717, 1.165) is 11.6 Å². The van der Waals surface area contributed by atoms with E-state index >= 15 is 0 Å². The van der Waals surface area contributed by atoms with Gasteiger partial charge in [0, 0.05) is 43.0 Å². The van der Waals surface area contributed by atoms with E-state index in [1.165, 1.54) is 6.20 Å². The van der Waals surface area contributed by atoms with Crippen LogP contribution in [0.5, 0.6) is 0 Å². The SMILES string of the molecule is CC(C)(N1CCOC(CNc2nc(-c3c[nH]c4ncc(Cl)cc34)ncc2F)C1)S(=O)[O-]. The molecule has 2 atom stereocenters. The van der Waals surface area contributed by atoms with Gasteiger partial charge in [-0.15, -0.1) is 0 Å². The van der Waals surface area contributed by atoms with Gasteiger partial charge in [-0.3, -0.25) is 9.11 Å². The van der Waals surface area contributed by atoms with Gasteiger partial charge in [0.05, 0.1) is 28.8 Å². The molecule has 1 fully saturated rings. The number of nitrogens with one attached hydrogen (secondary N) is 2. The summed E-state index contributed by atoms with van der Waals surface area (Å²) in [7, 11) is 0. The molecular formula is C19H21ClFN6O3S-. The Bertz CT molecular complexity index is 1130. The molecule has 0 spiro atoms. The summed E-state index contributed by atoms with van der Waals surface area (Å²) < 4.78 is 43.1. The van der Waals surface area contributed by atoms with Gasteiger partial charge >= 0.3 is 0 Å². The molecule has 0 aromatic carbocycles.